The van der Waals surface area contributed by atoms with Crippen LogP contribution in [0.25, 0.3) is 16.3 Å². The van der Waals surface area contributed by atoms with Gasteiger partial charge < -0.3 is 9.57 Å². The van der Waals surface area contributed by atoms with Crippen molar-refractivity contribution in [2.45, 2.75) is 53.4 Å². The second-order valence-electron chi connectivity index (χ2n) is 11.6. The molecule has 0 atom stereocenters. The number of hydrogen-bond acceptors (Lipinski definition) is 7. The van der Waals surface area contributed by atoms with Crippen molar-refractivity contribution >= 4 is 55.6 Å². The van der Waals surface area contributed by atoms with Gasteiger partial charge in [0.15, 0.2) is 0 Å². The third-order valence-corrected chi connectivity index (χ3v) is 7.61. The Bertz CT molecular complexity index is 1670. The first-order chi connectivity index (χ1) is 18.5. The van der Waals surface area contributed by atoms with Crippen LogP contribution < -0.4 is 9.79 Å². The van der Waals surface area contributed by atoms with Gasteiger partial charge in [-0.3, -0.25) is 14.3 Å². The van der Waals surface area contributed by atoms with Crippen molar-refractivity contribution in [1.82, 2.24) is 0 Å². The minimum Gasteiger partial charge on any atom is -0.430 e. The molecule has 9 nitrogen and oxygen atoms in total. The molecule has 1 heterocycles. The molecule has 1 amide bonds. The van der Waals surface area contributed by atoms with Crippen LogP contribution in [-0.2, 0) is 34.0 Å². The van der Waals surface area contributed by atoms with Gasteiger partial charge in [-0.05, 0) is 78.1 Å². The first-order valence-corrected chi connectivity index (χ1v) is 14.1. The number of nitrogens with one attached hydrogen (secondary N) is 1. The standard InChI is InChI=1S/C30H32N2O7S/c1-18(38-27(34)29(2,3)4)25-22-16-15-20(17-23(22)32(26(25)33)39-28(35)30(5,6)7)31-40(36,37)24-14-10-12-19-11-8-9-13-21(19)24/h8-17,31H,1-7H3/b25-18-. The third kappa shape index (κ3) is 5.58. The van der Waals surface area contributed by atoms with E-state index in [2.05, 4.69) is 4.72 Å². The van der Waals surface area contributed by atoms with E-state index in [0.717, 1.165) is 10.4 Å². The maximum atomic E-state index is 13.5. The number of allylic oxidation sites excluding steroid dienone is 1. The van der Waals surface area contributed by atoms with Crippen molar-refractivity contribution in [3.8, 4) is 0 Å². The van der Waals surface area contributed by atoms with Crippen LogP contribution in [0.15, 0.2) is 71.3 Å². The van der Waals surface area contributed by atoms with Crippen LogP contribution in [0, 0.1) is 10.8 Å². The van der Waals surface area contributed by atoms with E-state index in [4.69, 9.17) is 9.57 Å². The van der Waals surface area contributed by atoms with E-state index >= 15 is 0 Å². The van der Waals surface area contributed by atoms with Gasteiger partial charge in [0, 0.05) is 10.9 Å². The lowest BCUT2D eigenvalue weighted by Crippen LogP contribution is -2.35. The molecule has 210 valence electrons. The molecule has 3 aromatic carbocycles. The van der Waals surface area contributed by atoms with Crippen molar-refractivity contribution in [1.29, 1.82) is 0 Å². The molecule has 1 aliphatic rings. The molecular formula is C30H32N2O7S. The Hall–Kier alpha value is -4.18. The van der Waals surface area contributed by atoms with Gasteiger partial charge in [-0.1, -0.05) is 36.4 Å². The molecule has 1 N–H and O–H groups in total. The Morgan fingerprint density at radius 3 is 2.12 bits per heavy atom. The molecule has 0 spiro atoms. The Labute approximate surface area is 233 Å². The lowest BCUT2D eigenvalue weighted by Gasteiger charge is -2.22. The van der Waals surface area contributed by atoms with E-state index in [1.165, 1.54) is 31.2 Å². The van der Waals surface area contributed by atoms with Gasteiger partial charge in [0.2, 0.25) is 0 Å². The van der Waals surface area contributed by atoms with E-state index in [-0.39, 0.29) is 27.6 Å². The number of amides is 1. The van der Waals surface area contributed by atoms with E-state index in [9.17, 15) is 22.8 Å². The largest absolute Gasteiger partial charge is 0.430 e. The fraction of sp³-hybridized carbons (Fsp3) is 0.300. The average molecular weight is 565 g/mol. The summed E-state index contributed by atoms with van der Waals surface area (Å²) in [6.45, 7) is 11.4. The monoisotopic (exact) mass is 564 g/mol. The highest BCUT2D eigenvalue weighted by molar-refractivity contribution is 7.93. The zero-order valence-corrected chi connectivity index (χ0v) is 24.3. The zero-order valence-electron chi connectivity index (χ0n) is 23.5. The summed E-state index contributed by atoms with van der Waals surface area (Å²) in [6.07, 6.45) is 0. The van der Waals surface area contributed by atoms with Crippen molar-refractivity contribution in [3.63, 3.8) is 0 Å². The predicted octanol–water partition coefficient (Wildman–Crippen LogP) is 5.81. The summed E-state index contributed by atoms with van der Waals surface area (Å²) in [6, 6.07) is 16.5. The summed E-state index contributed by atoms with van der Waals surface area (Å²) < 4.78 is 34.9. The molecule has 10 heteroatoms. The Morgan fingerprint density at radius 1 is 0.850 bits per heavy atom. The SMILES string of the molecule is C/C(OC(=O)C(C)(C)C)=C1/C(=O)N(OC(=O)C(C)(C)C)c2cc(NS(=O)(=O)c3cccc4ccccc34)ccc21. The Kier molecular flexibility index (Phi) is 7.27. The predicted molar refractivity (Wildman–Crippen MR) is 152 cm³/mol. The number of hydrogen-bond donors (Lipinski definition) is 1. The lowest BCUT2D eigenvalue weighted by molar-refractivity contribution is -0.157. The molecule has 4 rings (SSSR count). The molecule has 0 radical (unpaired) electrons. The number of carbonyl (C=O) groups is 3. The van der Waals surface area contributed by atoms with Gasteiger partial charge in [-0.15, -0.1) is 5.06 Å². The normalized spacial score (nSPS) is 15.1. The molecule has 3 aromatic rings. The maximum absolute atomic E-state index is 13.5. The zero-order chi connectivity index (χ0) is 29.6. The fourth-order valence-corrected chi connectivity index (χ4v) is 5.22. The van der Waals surface area contributed by atoms with Crippen LogP contribution in [0.3, 0.4) is 0 Å². The molecule has 40 heavy (non-hydrogen) atoms. The van der Waals surface area contributed by atoms with Crippen molar-refractivity contribution in [2.75, 3.05) is 9.79 Å². The van der Waals surface area contributed by atoms with Crippen molar-refractivity contribution in [3.05, 3.63) is 72.0 Å². The molecule has 0 aromatic heterocycles. The number of rotatable bonds is 5. The van der Waals surface area contributed by atoms with Crippen molar-refractivity contribution in [2.24, 2.45) is 10.8 Å². The van der Waals surface area contributed by atoms with E-state index < -0.39 is 38.7 Å². The van der Waals surface area contributed by atoms with Crippen molar-refractivity contribution < 1.29 is 32.4 Å². The number of anilines is 2. The number of esters is 1. The third-order valence-electron chi connectivity index (χ3n) is 6.17. The van der Waals surface area contributed by atoms with Crippen LogP contribution in [0.5, 0.6) is 0 Å². The maximum Gasteiger partial charge on any atom is 0.338 e. The molecular weight excluding hydrogens is 532 g/mol. The Morgan fingerprint density at radius 2 is 1.48 bits per heavy atom. The number of hydroxylamine groups is 1. The Balaban J connectivity index is 1.78. The topological polar surface area (TPSA) is 119 Å². The highest BCUT2D eigenvalue weighted by atomic mass is 32.2. The number of carbonyl (C=O) groups excluding carboxylic acids is 3. The molecule has 0 fully saturated rings. The summed E-state index contributed by atoms with van der Waals surface area (Å²) in [7, 11) is -4.04. The smallest absolute Gasteiger partial charge is 0.338 e. The van der Waals surface area contributed by atoms with E-state index in [1.54, 1.807) is 59.7 Å². The van der Waals surface area contributed by atoms with Gasteiger partial charge in [-0.2, -0.15) is 0 Å². The minimum absolute atomic E-state index is 0.0257. The molecule has 0 aliphatic carbocycles. The first-order valence-electron chi connectivity index (χ1n) is 12.7. The highest BCUT2D eigenvalue weighted by Gasteiger charge is 2.40. The van der Waals surface area contributed by atoms with Gasteiger partial charge >= 0.3 is 11.9 Å². The van der Waals surface area contributed by atoms with Crippen LogP contribution >= 0.6 is 0 Å². The van der Waals surface area contributed by atoms with Gasteiger partial charge in [0.05, 0.1) is 32.7 Å². The molecule has 0 saturated heterocycles. The summed E-state index contributed by atoms with van der Waals surface area (Å²) in [4.78, 5) is 44.4. The van der Waals surface area contributed by atoms with Crippen LogP contribution in [0.4, 0.5) is 11.4 Å². The fourth-order valence-electron chi connectivity index (χ4n) is 3.93. The summed E-state index contributed by atoms with van der Waals surface area (Å²) in [5.41, 5.74) is -1.15. The number of nitrogens with zero attached hydrogens (tertiary/aromatic N) is 1. The van der Waals surface area contributed by atoms with Crippen LogP contribution in [-0.4, -0.2) is 26.3 Å². The lowest BCUT2D eigenvalue weighted by atomic mass is 9.97. The number of sulfonamides is 1. The molecule has 0 saturated carbocycles. The summed E-state index contributed by atoms with van der Waals surface area (Å²) >= 11 is 0. The summed E-state index contributed by atoms with van der Waals surface area (Å²) in [5.74, 6) is -1.92. The average Bonchev–Trinajstić information content (AvgIpc) is 3.12. The minimum atomic E-state index is -4.04. The number of fused-ring (bicyclic) bond motifs is 2. The van der Waals surface area contributed by atoms with Gasteiger partial charge in [0.25, 0.3) is 15.9 Å². The van der Waals surface area contributed by atoms with E-state index in [0.29, 0.717) is 10.9 Å². The number of ether oxygens (including phenoxy) is 1. The van der Waals surface area contributed by atoms with Crippen LogP contribution in [0.2, 0.25) is 0 Å². The van der Waals surface area contributed by atoms with Crippen LogP contribution in [0.1, 0.15) is 54.0 Å². The molecule has 1 aliphatic heterocycles. The number of benzene rings is 3. The van der Waals surface area contributed by atoms with E-state index in [1.807, 2.05) is 18.2 Å². The first kappa shape index (κ1) is 28.8. The highest BCUT2D eigenvalue weighted by Crippen LogP contribution is 2.42. The quantitative estimate of drug-likeness (QED) is 0.236. The van der Waals surface area contributed by atoms with Gasteiger partial charge in [-0.25, -0.2) is 13.2 Å². The molecule has 0 bridgehead atoms. The second kappa shape index (κ2) is 10.1. The van der Waals surface area contributed by atoms with Gasteiger partial charge in [0.1, 0.15) is 5.76 Å². The second-order valence-corrected chi connectivity index (χ2v) is 13.3. The summed E-state index contributed by atoms with van der Waals surface area (Å²) in [5, 5.41) is 2.12. The molecule has 0 unspecified atom stereocenters.